The fraction of sp³-hybridized carbons (Fsp3) is 0.462. The topological polar surface area (TPSA) is 94.7 Å². The van der Waals surface area contributed by atoms with E-state index < -0.39 is 41.7 Å². The maximum atomic E-state index is 13.1. The van der Waals surface area contributed by atoms with Gasteiger partial charge in [-0.15, -0.1) is 0 Å². The summed E-state index contributed by atoms with van der Waals surface area (Å²) in [6, 6.07) is 6.49. The van der Waals surface area contributed by atoms with Crippen molar-refractivity contribution in [3.63, 3.8) is 0 Å². The van der Waals surface area contributed by atoms with Crippen LogP contribution in [-0.2, 0) is 23.7 Å². The van der Waals surface area contributed by atoms with Crippen LogP contribution in [-0.4, -0.2) is 87.4 Å². The molecule has 2 saturated heterocycles. The standard InChI is InChI=1S/C26H26F6N6O3/c27-25(28,29)18-11-16(12-19(14-18)26(30,31)32)15-41-24(40)38-9-7-36(8-10-38)20-3-5-37(6-4-20)23(39)17-1-2-21-22(13-17)34-35-33-21/h1-2,11-14,20H,3-10,15H2,(H,33,34,35). The van der Waals surface area contributed by atoms with Crippen molar-refractivity contribution in [1.82, 2.24) is 30.1 Å². The number of piperazine rings is 1. The first-order valence-electron chi connectivity index (χ1n) is 12.9. The van der Waals surface area contributed by atoms with Gasteiger partial charge in [0.15, 0.2) is 0 Å². The van der Waals surface area contributed by atoms with E-state index in [0.29, 0.717) is 68.0 Å². The summed E-state index contributed by atoms with van der Waals surface area (Å²) in [5, 5.41) is 10.5. The number of piperidine rings is 1. The van der Waals surface area contributed by atoms with Gasteiger partial charge in [0, 0.05) is 50.9 Å². The van der Waals surface area contributed by atoms with E-state index >= 15 is 0 Å². The van der Waals surface area contributed by atoms with E-state index in [1.165, 1.54) is 4.90 Å². The predicted octanol–water partition coefficient (Wildman–Crippen LogP) is 4.55. The van der Waals surface area contributed by atoms with Crippen LogP contribution in [0.4, 0.5) is 31.1 Å². The highest BCUT2D eigenvalue weighted by molar-refractivity contribution is 5.97. The molecular formula is C26H26F6N6O3. The monoisotopic (exact) mass is 584 g/mol. The van der Waals surface area contributed by atoms with Gasteiger partial charge in [0.2, 0.25) is 0 Å². The van der Waals surface area contributed by atoms with Crippen LogP contribution in [0.15, 0.2) is 36.4 Å². The van der Waals surface area contributed by atoms with Crippen molar-refractivity contribution in [2.45, 2.75) is 37.8 Å². The summed E-state index contributed by atoms with van der Waals surface area (Å²) in [6.45, 7) is 2.07. The van der Waals surface area contributed by atoms with Crippen molar-refractivity contribution in [3.05, 3.63) is 58.7 Å². The van der Waals surface area contributed by atoms with Gasteiger partial charge in [0.05, 0.1) is 11.1 Å². The Kier molecular flexibility index (Phi) is 7.81. The number of carbonyl (C=O) groups excluding carboxylic acids is 2. The van der Waals surface area contributed by atoms with E-state index in [0.717, 1.165) is 12.8 Å². The van der Waals surface area contributed by atoms with E-state index in [1.807, 2.05) is 0 Å². The van der Waals surface area contributed by atoms with Gasteiger partial charge in [0.1, 0.15) is 17.6 Å². The number of fused-ring (bicyclic) bond motifs is 1. The molecule has 220 valence electrons. The summed E-state index contributed by atoms with van der Waals surface area (Å²) in [6.07, 6.45) is -9.27. The van der Waals surface area contributed by atoms with Gasteiger partial charge >= 0.3 is 18.4 Å². The molecule has 2 amide bonds. The Bertz CT molecular complexity index is 1380. The highest BCUT2D eigenvalue weighted by atomic mass is 19.4. The van der Waals surface area contributed by atoms with Crippen LogP contribution in [0.5, 0.6) is 0 Å². The third-order valence-electron chi connectivity index (χ3n) is 7.41. The minimum atomic E-state index is -4.98. The van der Waals surface area contributed by atoms with Crippen LogP contribution in [0.1, 0.15) is 39.9 Å². The lowest BCUT2D eigenvalue weighted by molar-refractivity contribution is -0.143. The molecule has 2 aromatic carbocycles. The average Bonchev–Trinajstić information content (AvgIpc) is 3.43. The molecule has 9 nitrogen and oxygen atoms in total. The number of aromatic amines is 1. The quantitative estimate of drug-likeness (QED) is 0.453. The van der Waals surface area contributed by atoms with Gasteiger partial charge in [-0.3, -0.25) is 9.69 Å². The zero-order chi connectivity index (χ0) is 29.4. The number of carbonyl (C=O) groups is 2. The number of likely N-dealkylation sites (tertiary alicyclic amines) is 1. The van der Waals surface area contributed by atoms with Crippen molar-refractivity contribution < 1.29 is 40.7 Å². The second-order valence-corrected chi connectivity index (χ2v) is 10.0. The number of hydrogen-bond donors (Lipinski definition) is 1. The average molecular weight is 585 g/mol. The summed E-state index contributed by atoms with van der Waals surface area (Å²) in [5.74, 6) is -0.0796. The van der Waals surface area contributed by atoms with Gasteiger partial charge in [-0.25, -0.2) is 4.79 Å². The van der Waals surface area contributed by atoms with Crippen molar-refractivity contribution >= 4 is 23.0 Å². The molecule has 2 aliphatic rings. The molecule has 41 heavy (non-hydrogen) atoms. The SMILES string of the molecule is O=C(OCc1cc(C(F)(F)F)cc(C(F)(F)F)c1)N1CCN(C2CCN(C(=O)c3ccc4n[nH]nc4c3)CC2)CC1. The molecule has 0 radical (unpaired) electrons. The van der Waals surface area contributed by atoms with Crippen molar-refractivity contribution in [2.75, 3.05) is 39.3 Å². The number of H-pyrrole nitrogens is 1. The second kappa shape index (κ2) is 11.2. The number of rotatable bonds is 4. The minimum Gasteiger partial charge on any atom is -0.445 e. The van der Waals surface area contributed by atoms with Crippen LogP contribution >= 0.6 is 0 Å². The Balaban J connectivity index is 1.10. The van der Waals surface area contributed by atoms with Crippen LogP contribution in [0.3, 0.4) is 0 Å². The molecule has 0 atom stereocenters. The number of amides is 2. The number of hydrogen-bond acceptors (Lipinski definition) is 6. The smallest absolute Gasteiger partial charge is 0.416 e. The molecule has 15 heteroatoms. The van der Waals surface area contributed by atoms with Crippen molar-refractivity contribution in [3.8, 4) is 0 Å². The fourth-order valence-electron chi connectivity index (χ4n) is 5.20. The number of nitrogens with one attached hydrogen (secondary N) is 1. The van der Waals surface area contributed by atoms with Gasteiger partial charge in [0.25, 0.3) is 5.91 Å². The second-order valence-electron chi connectivity index (χ2n) is 10.0. The Morgan fingerprint density at radius 3 is 2.02 bits per heavy atom. The Labute approximate surface area is 230 Å². The fourth-order valence-corrected chi connectivity index (χ4v) is 5.20. The van der Waals surface area contributed by atoms with Gasteiger partial charge in [-0.1, -0.05) is 0 Å². The van der Waals surface area contributed by atoms with Crippen LogP contribution in [0, 0.1) is 0 Å². The first-order valence-corrected chi connectivity index (χ1v) is 12.9. The summed E-state index contributed by atoms with van der Waals surface area (Å²) in [4.78, 5) is 30.9. The molecule has 0 spiro atoms. The number of benzene rings is 2. The third-order valence-corrected chi connectivity index (χ3v) is 7.41. The predicted molar refractivity (Wildman–Crippen MR) is 133 cm³/mol. The lowest BCUT2D eigenvalue weighted by Gasteiger charge is -2.42. The lowest BCUT2D eigenvalue weighted by atomic mass is 10.0. The van der Waals surface area contributed by atoms with E-state index in [2.05, 4.69) is 20.3 Å². The van der Waals surface area contributed by atoms with Gasteiger partial charge < -0.3 is 14.5 Å². The summed E-state index contributed by atoms with van der Waals surface area (Å²) in [5.41, 5.74) is -1.50. The first-order chi connectivity index (χ1) is 19.4. The zero-order valence-corrected chi connectivity index (χ0v) is 21.6. The highest BCUT2D eigenvalue weighted by Gasteiger charge is 2.37. The lowest BCUT2D eigenvalue weighted by Crippen LogP contribution is -2.54. The molecule has 2 fully saturated rings. The van der Waals surface area contributed by atoms with Crippen molar-refractivity contribution in [1.29, 1.82) is 0 Å². The number of nitrogens with zero attached hydrogens (tertiary/aromatic N) is 5. The molecule has 0 unspecified atom stereocenters. The molecular weight excluding hydrogens is 558 g/mol. The van der Waals surface area contributed by atoms with E-state index in [1.54, 1.807) is 23.1 Å². The Morgan fingerprint density at radius 1 is 0.805 bits per heavy atom. The first kappa shape index (κ1) is 28.6. The van der Waals surface area contributed by atoms with Crippen molar-refractivity contribution in [2.24, 2.45) is 0 Å². The molecule has 3 aromatic rings. The molecule has 1 N–H and O–H groups in total. The Morgan fingerprint density at radius 2 is 1.41 bits per heavy atom. The van der Waals surface area contributed by atoms with E-state index in [-0.39, 0.29) is 18.0 Å². The largest absolute Gasteiger partial charge is 0.445 e. The summed E-state index contributed by atoms with van der Waals surface area (Å²) < 4.78 is 83.6. The summed E-state index contributed by atoms with van der Waals surface area (Å²) >= 11 is 0. The van der Waals surface area contributed by atoms with Crippen LogP contribution in [0.2, 0.25) is 0 Å². The van der Waals surface area contributed by atoms with E-state index in [9.17, 15) is 35.9 Å². The normalized spacial score (nSPS) is 17.7. The van der Waals surface area contributed by atoms with Gasteiger partial charge in [-0.05, 0) is 54.8 Å². The molecule has 3 heterocycles. The Hall–Kier alpha value is -3.88. The van der Waals surface area contributed by atoms with E-state index in [4.69, 9.17) is 4.74 Å². The summed E-state index contributed by atoms with van der Waals surface area (Å²) in [7, 11) is 0. The molecule has 0 bridgehead atoms. The zero-order valence-electron chi connectivity index (χ0n) is 21.6. The van der Waals surface area contributed by atoms with Gasteiger partial charge in [-0.2, -0.15) is 41.8 Å². The molecule has 0 saturated carbocycles. The number of ether oxygens (including phenoxy) is 1. The molecule has 2 aliphatic heterocycles. The maximum Gasteiger partial charge on any atom is 0.416 e. The number of alkyl halides is 6. The number of halogens is 6. The molecule has 1 aromatic heterocycles. The minimum absolute atomic E-state index is 0.0302. The third kappa shape index (κ3) is 6.55. The van der Waals surface area contributed by atoms with Crippen LogP contribution in [0.25, 0.3) is 11.0 Å². The number of aromatic nitrogens is 3. The molecule has 5 rings (SSSR count). The molecule has 0 aliphatic carbocycles. The maximum absolute atomic E-state index is 13.1. The van der Waals surface area contributed by atoms with Crippen LogP contribution < -0.4 is 0 Å². The highest BCUT2D eigenvalue weighted by Crippen LogP contribution is 2.36.